The molecule has 1 heterocycles. The topological polar surface area (TPSA) is 46.9 Å². The van der Waals surface area contributed by atoms with Crippen molar-refractivity contribution >= 4 is 5.91 Å². The van der Waals surface area contributed by atoms with Crippen LogP contribution in [0.4, 0.5) is 0 Å². The maximum Gasteiger partial charge on any atom is 0.269 e. The maximum absolute atomic E-state index is 12.8. The van der Waals surface area contributed by atoms with Crippen LogP contribution in [0.3, 0.4) is 0 Å². The molecule has 4 bridgehead atoms. The normalized spacial score (nSPS) is 37.4. The van der Waals surface area contributed by atoms with Gasteiger partial charge in [0.05, 0.1) is 5.69 Å². The molecule has 4 heteroatoms. The average molecular weight is 341 g/mol. The van der Waals surface area contributed by atoms with E-state index < -0.39 is 0 Å². The van der Waals surface area contributed by atoms with Crippen LogP contribution in [0.2, 0.25) is 0 Å². The van der Waals surface area contributed by atoms with Crippen molar-refractivity contribution in [2.24, 2.45) is 24.8 Å². The molecule has 0 radical (unpaired) electrons. The highest BCUT2D eigenvalue weighted by atomic mass is 16.2. The van der Waals surface area contributed by atoms with Crippen molar-refractivity contribution in [1.29, 1.82) is 0 Å². The van der Waals surface area contributed by atoms with Crippen molar-refractivity contribution < 1.29 is 4.79 Å². The Labute approximate surface area is 150 Å². The van der Waals surface area contributed by atoms with Crippen molar-refractivity contribution in [3.63, 3.8) is 0 Å². The highest BCUT2D eigenvalue weighted by molar-refractivity contribution is 5.93. The third kappa shape index (κ3) is 2.72. The van der Waals surface area contributed by atoms with Crippen LogP contribution in [0.5, 0.6) is 0 Å². The molecule has 0 spiro atoms. The molecule has 4 nitrogen and oxygen atoms in total. The van der Waals surface area contributed by atoms with E-state index in [4.69, 9.17) is 5.10 Å². The molecule has 5 fully saturated rings. The van der Waals surface area contributed by atoms with E-state index in [0.717, 1.165) is 36.3 Å². The minimum atomic E-state index is 0.0814. The van der Waals surface area contributed by atoms with Gasteiger partial charge in [-0.2, -0.15) is 5.10 Å². The molecule has 1 aromatic heterocycles. The first-order chi connectivity index (χ1) is 12.1. The summed E-state index contributed by atoms with van der Waals surface area (Å²) in [7, 11) is 1.94. The quantitative estimate of drug-likeness (QED) is 0.905. The van der Waals surface area contributed by atoms with Crippen LogP contribution in [0, 0.1) is 17.8 Å². The fourth-order valence-electron chi connectivity index (χ4n) is 6.87. The Hall–Kier alpha value is -1.32. The second kappa shape index (κ2) is 5.85. The third-order valence-electron chi connectivity index (χ3n) is 7.63. The van der Waals surface area contributed by atoms with Gasteiger partial charge in [-0.05, 0) is 75.2 Å². The fourth-order valence-corrected chi connectivity index (χ4v) is 6.87. The first-order valence-corrected chi connectivity index (χ1v) is 10.5. The molecule has 1 N–H and O–H groups in total. The molecule has 1 amide bonds. The number of nitrogens with zero attached hydrogens (tertiary/aromatic N) is 2. The molecule has 1 aromatic rings. The summed E-state index contributed by atoms with van der Waals surface area (Å²) in [6.07, 6.45) is 14.3. The number of aromatic nitrogens is 2. The highest BCUT2D eigenvalue weighted by Crippen LogP contribution is 2.60. The van der Waals surface area contributed by atoms with Gasteiger partial charge >= 0.3 is 0 Å². The van der Waals surface area contributed by atoms with Crippen molar-refractivity contribution in [1.82, 2.24) is 15.1 Å². The molecule has 5 aliphatic rings. The second-order valence-corrected chi connectivity index (χ2v) is 9.54. The van der Waals surface area contributed by atoms with Gasteiger partial charge in [0.2, 0.25) is 0 Å². The van der Waals surface area contributed by atoms with Gasteiger partial charge in [0.15, 0.2) is 0 Å². The van der Waals surface area contributed by atoms with Crippen LogP contribution in [0.25, 0.3) is 0 Å². The zero-order valence-electron chi connectivity index (χ0n) is 15.5. The summed E-state index contributed by atoms with van der Waals surface area (Å²) >= 11 is 0. The summed E-state index contributed by atoms with van der Waals surface area (Å²) < 4.78 is 1.84. The lowest BCUT2D eigenvalue weighted by atomic mass is 9.49. The Bertz CT molecular complexity index is 635. The molecule has 0 unspecified atom stereocenters. The molecular formula is C21H31N3O. The average Bonchev–Trinajstić information content (AvgIpc) is 2.97. The van der Waals surface area contributed by atoms with E-state index in [1.807, 2.05) is 11.7 Å². The molecule has 0 saturated heterocycles. The van der Waals surface area contributed by atoms with E-state index in [1.54, 1.807) is 0 Å². The summed E-state index contributed by atoms with van der Waals surface area (Å²) in [4.78, 5) is 12.8. The van der Waals surface area contributed by atoms with Gasteiger partial charge < -0.3 is 5.32 Å². The Morgan fingerprint density at radius 1 is 1.08 bits per heavy atom. The van der Waals surface area contributed by atoms with E-state index in [0.29, 0.717) is 6.04 Å². The van der Waals surface area contributed by atoms with Gasteiger partial charge in [-0.15, -0.1) is 0 Å². The molecule has 0 aromatic carbocycles. The number of nitrogens with one attached hydrogen (secondary N) is 1. The Balaban J connectivity index is 1.37. The van der Waals surface area contributed by atoms with Crippen molar-refractivity contribution in [2.75, 3.05) is 0 Å². The van der Waals surface area contributed by atoms with Gasteiger partial charge in [0.1, 0.15) is 5.69 Å². The smallest absolute Gasteiger partial charge is 0.269 e. The minimum Gasteiger partial charge on any atom is -0.348 e. The molecule has 0 atom stereocenters. The molecular weight excluding hydrogens is 310 g/mol. The Morgan fingerprint density at radius 3 is 2.28 bits per heavy atom. The predicted octanol–water partition coefficient (Wildman–Crippen LogP) is 3.95. The Kier molecular flexibility index (Phi) is 3.72. The van der Waals surface area contributed by atoms with E-state index in [-0.39, 0.29) is 11.3 Å². The lowest BCUT2D eigenvalue weighted by molar-refractivity contribution is -0.00742. The number of carbonyl (C=O) groups excluding carboxylic acids is 1. The third-order valence-corrected chi connectivity index (χ3v) is 7.63. The van der Waals surface area contributed by atoms with E-state index in [9.17, 15) is 4.79 Å². The van der Waals surface area contributed by atoms with Gasteiger partial charge in [0.25, 0.3) is 5.91 Å². The molecule has 136 valence electrons. The zero-order valence-corrected chi connectivity index (χ0v) is 15.5. The van der Waals surface area contributed by atoms with Gasteiger partial charge in [-0.3, -0.25) is 9.48 Å². The lowest BCUT2D eigenvalue weighted by Gasteiger charge is -2.56. The van der Waals surface area contributed by atoms with Crippen molar-refractivity contribution in [3.8, 4) is 0 Å². The maximum atomic E-state index is 12.8. The minimum absolute atomic E-state index is 0.0814. The molecule has 6 rings (SSSR count). The Morgan fingerprint density at radius 2 is 1.68 bits per heavy atom. The molecule has 5 aliphatic carbocycles. The highest BCUT2D eigenvalue weighted by Gasteiger charge is 2.52. The zero-order chi connectivity index (χ0) is 17.0. The SMILES string of the molecule is Cn1nc(C23CC4CC(CC(C4)C2)C3)cc1C(=O)NC1CCCCC1. The summed E-state index contributed by atoms with van der Waals surface area (Å²) in [5.41, 5.74) is 2.25. The van der Waals surface area contributed by atoms with E-state index in [1.165, 1.54) is 63.5 Å². The number of hydrogen-bond donors (Lipinski definition) is 1. The van der Waals surface area contributed by atoms with Crippen LogP contribution in [0.15, 0.2) is 6.07 Å². The van der Waals surface area contributed by atoms with Crippen molar-refractivity contribution in [2.45, 2.75) is 82.1 Å². The van der Waals surface area contributed by atoms with Gasteiger partial charge in [-0.1, -0.05) is 19.3 Å². The first-order valence-electron chi connectivity index (χ1n) is 10.5. The van der Waals surface area contributed by atoms with E-state index >= 15 is 0 Å². The standard InChI is InChI=1S/C21H31N3O/c1-24-18(20(25)22-17-5-3-2-4-6-17)10-19(23-24)21-11-14-7-15(12-21)9-16(8-14)13-21/h10,14-17H,2-9,11-13H2,1H3,(H,22,25). The van der Waals surface area contributed by atoms with E-state index in [2.05, 4.69) is 11.4 Å². The summed E-state index contributed by atoms with van der Waals surface area (Å²) in [6.45, 7) is 0. The van der Waals surface area contributed by atoms with Crippen LogP contribution >= 0.6 is 0 Å². The predicted molar refractivity (Wildman–Crippen MR) is 97.4 cm³/mol. The fraction of sp³-hybridized carbons (Fsp3) is 0.810. The van der Waals surface area contributed by atoms with Crippen LogP contribution in [-0.4, -0.2) is 21.7 Å². The van der Waals surface area contributed by atoms with Gasteiger partial charge in [0, 0.05) is 18.5 Å². The summed E-state index contributed by atoms with van der Waals surface area (Å²) in [5.74, 6) is 2.81. The van der Waals surface area contributed by atoms with Crippen molar-refractivity contribution in [3.05, 3.63) is 17.5 Å². The van der Waals surface area contributed by atoms with Gasteiger partial charge in [-0.25, -0.2) is 0 Å². The molecule has 5 saturated carbocycles. The van der Waals surface area contributed by atoms with Crippen LogP contribution in [-0.2, 0) is 12.5 Å². The largest absolute Gasteiger partial charge is 0.348 e. The number of rotatable bonds is 3. The summed E-state index contributed by atoms with van der Waals surface area (Å²) in [6, 6.07) is 2.49. The first kappa shape index (κ1) is 15.9. The second-order valence-electron chi connectivity index (χ2n) is 9.54. The number of hydrogen-bond acceptors (Lipinski definition) is 2. The number of aryl methyl sites for hydroxylation is 1. The number of carbonyl (C=O) groups is 1. The van der Waals surface area contributed by atoms with Crippen LogP contribution in [0.1, 0.15) is 86.8 Å². The number of amides is 1. The molecule has 0 aliphatic heterocycles. The monoisotopic (exact) mass is 341 g/mol. The molecule has 25 heavy (non-hydrogen) atoms. The van der Waals surface area contributed by atoms with Crippen LogP contribution < -0.4 is 5.32 Å². The lowest BCUT2D eigenvalue weighted by Crippen LogP contribution is -2.48. The summed E-state index contributed by atoms with van der Waals surface area (Å²) in [5, 5.41) is 8.13.